The van der Waals surface area contributed by atoms with E-state index in [0.29, 0.717) is 17.1 Å². The molecule has 10 nitrogen and oxygen atoms in total. The zero-order valence-electron chi connectivity index (χ0n) is 22.0. The average molecular weight is 554 g/mol. The molecule has 0 unspecified atom stereocenters. The summed E-state index contributed by atoms with van der Waals surface area (Å²) < 4.78 is 45.9. The highest BCUT2D eigenvalue weighted by molar-refractivity contribution is 7.89. The highest BCUT2D eigenvalue weighted by Crippen LogP contribution is 2.37. The lowest BCUT2D eigenvalue weighted by atomic mass is 10.0. The van der Waals surface area contributed by atoms with Crippen LogP contribution in [-0.4, -0.2) is 79.3 Å². The number of aliphatic hydroxyl groups is 1. The highest BCUT2D eigenvalue weighted by Gasteiger charge is 2.38. The second-order valence-corrected chi connectivity index (χ2v) is 11.8. The summed E-state index contributed by atoms with van der Waals surface area (Å²) in [5.74, 6) is 0.761. The second kappa shape index (κ2) is 10.8. The number of likely N-dealkylation sites (N-methyl/N-ethyl adjacent to an activating group) is 1. The van der Waals surface area contributed by atoms with E-state index in [-0.39, 0.29) is 49.0 Å². The zero-order valence-corrected chi connectivity index (χ0v) is 22.8. The van der Waals surface area contributed by atoms with E-state index in [2.05, 4.69) is 4.98 Å². The van der Waals surface area contributed by atoms with Gasteiger partial charge in [0.15, 0.2) is 11.5 Å². The molecule has 39 heavy (non-hydrogen) atoms. The first-order chi connectivity index (χ1) is 18.7. The lowest BCUT2D eigenvalue weighted by molar-refractivity contribution is 0.0563. The Labute approximate surface area is 227 Å². The molecule has 0 radical (unpaired) electrons. The molecule has 1 aromatic heterocycles. The molecule has 1 amide bonds. The average Bonchev–Trinajstić information content (AvgIpc) is 3.42. The Hall–Kier alpha value is -3.67. The number of amides is 1. The van der Waals surface area contributed by atoms with Gasteiger partial charge in [0.25, 0.3) is 5.91 Å². The van der Waals surface area contributed by atoms with E-state index >= 15 is 0 Å². The van der Waals surface area contributed by atoms with Crippen molar-refractivity contribution >= 4 is 15.9 Å². The largest absolute Gasteiger partial charge is 0.487 e. The standard InChI is InChI=1S/C28H31N3O7S/c1-18-14-31(19(2)16-32)39(34,35)27-7-5-21(20-8-10-29-11-9-20)12-25(27)38-26(18)15-30(3)28(33)22-4-6-23-24(13-22)37-17-36-23/h4-13,18-19,26,32H,14-17H2,1-3H3/t18-,19-,26-/m1/s1. The van der Waals surface area contributed by atoms with Gasteiger partial charge in [-0.3, -0.25) is 9.78 Å². The normalized spacial score (nSPS) is 20.7. The van der Waals surface area contributed by atoms with E-state index in [1.54, 1.807) is 61.6 Å². The number of aromatic nitrogens is 1. The number of pyridine rings is 1. The van der Waals surface area contributed by atoms with Gasteiger partial charge in [-0.2, -0.15) is 4.31 Å². The van der Waals surface area contributed by atoms with Crippen molar-refractivity contribution in [2.24, 2.45) is 5.92 Å². The number of carbonyl (C=O) groups excluding carboxylic acids is 1. The molecule has 11 heteroatoms. The fourth-order valence-electron chi connectivity index (χ4n) is 4.77. The number of hydrogen-bond acceptors (Lipinski definition) is 8. The summed E-state index contributed by atoms with van der Waals surface area (Å²) in [7, 11) is -2.29. The zero-order chi connectivity index (χ0) is 27.7. The lowest BCUT2D eigenvalue weighted by Gasteiger charge is -2.37. The van der Waals surface area contributed by atoms with Crippen LogP contribution in [0, 0.1) is 5.92 Å². The molecule has 0 saturated carbocycles. The summed E-state index contributed by atoms with van der Waals surface area (Å²) in [6.07, 6.45) is 2.79. The highest BCUT2D eigenvalue weighted by atomic mass is 32.2. The molecule has 3 heterocycles. The molecule has 1 N–H and O–H groups in total. The van der Waals surface area contributed by atoms with Gasteiger partial charge in [0.1, 0.15) is 16.7 Å². The number of rotatable bonds is 6. The van der Waals surface area contributed by atoms with E-state index in [1.165, 1.54) is 10.4 Å². The van der Waals surface area contributed by atoms with E-state index in [9.17, 15) is 18.3 Å². The summed E-state index contributed by atoms with van der Waals surface area (Å²) in [5.41, 5.74) is 2.07. The SMILES string of the molecule is C[C@@H]1CN([C@H](C)CO)S(=O)(=O)c2ccc(-c3ccncc3)cc2O[C@@H]1CN(C)C(=O)c1ccc2c(c1)OCO2. The maximum atomic E-state index is 13.7. The molecule has 206 valence electrons. The summed E-state index contributed by atoms with van der Waals surface area (Å²) >= 11 is 0. The maximum absolute atomic E-state index is 13.7. The van der Waals surface area contributed by atoms with Crippen molar-refractivity contribution in [3.63, 3.8) is 0 Å². The van der Waals surface area contributed by atoms with Gasteiger partial charge in [-0.25, -0.2) is 8.42 Å². The van der Waals surface area contributed by atoms with Crippen LogP contribution in [0.1, 0.15) is 24.2 Å². The Bertz CT molecular complexity index is 1470. The number of carbonyl (C=O) groups is 1. The minimum atomic E-state index is -3.97. The third-order valence-electron chi connectivity index (χ3n) is 7.10. The summed E-state index contributed by atoms with van der Waals surface area (Å²) in [6.45, 7) is 3.66. The third kappa shape index (κ3) is 5.29. The molecule has 0 spiro atoms. The van der Waals surface area contributed by atoms with Crippen molar-refractivity contribution in [3.8, 4) is 28.4 Å². The second-order valence-electron chi connectivity index (χ2n) is 9.89. The van der Waals surface area contributed by atoms with Crippen molar-refractivity contribution in [1.82, 2.24) is 14.2 Å². The number of hydrogen-bond donors (Lipinski definition) is 1. The summed E-state index contributed by atoms with van der Waals surface area (Å²) in [6, 6.07) is 13.0. The smallest absolute Gasteiger partial charge is 0.253 e. The molecule has 3 atom stereocenters. The Kier molecular flexibility index (Phi) is 7.48. The van der Waals surface area contributed by atoms with E-state index in [0.717, 1.165) is 11.1 Å². The monoisotopic (exact) mass is 553 g/mol. The molecule has 0 fully saturated rings. The van der Waals surface area contributed by atoms with Gasteiger partial charge in [0.05, 0.1) is 13.2 Å². The molecule has 2 aliphatic rings. The van der Waals surface area contributed by atoms with Crippen LogP contribution in [0.5, 0.6) is 17.2 Å². The van der Waals surface area contributed by atoms with Gasteiger partial charge in [-0.05, 0) is 60.5 Å². The molecule has 3 aromatic rings. The Morgan fingerprint density at radius 3 is 2.56 bits per heavy atom. The predicted octanol–water partition coefficient (Wildman–Crippen LogP) is 3.02. The maximum Gasteiger partial charge on any atom is 0.253 e. The molecule has 2 aliphatic heterocycles. The van der Waals surface area contributed by atoms with Crippen molar-refractivity contribution in [2.45, 2.75) is 30.9 Å². The molecular weight excluding hydrogens is 522 g/mol. The fraction of sp³-hybridized carbons (Fsp3) is 0.357. The number of sulfonamides is 1. The fourth-order valence-corrected chi connectivity index (χ4v) is 6.60. The van der Waals surface area contributed by atoms with Gasteiger partial charge in [-0.1, -0.05) is 13.0 Å². The topological polar surface area (TPSA) is 118 Å². The molecule has 5 rings (SSSR count). The van der Waals surface area contributed by atoms with Crippen molar-refractivity contribution in [3.05, 3.63) is 66.5 Å². The van der Waals surface area contributed by atoms with Crippen LogP contribution in [-0.2, 0) is 10.0 Å². The van der Waals surface area contributed by atoms with Crippen LogP contribution in [0.3, 0.4) is 0 Å². The van der Waals surface area contributed by atoms with Crippen LogP contribution >= 0.6 is 0 Å². The quantitative estimate of drug-likeness (QED) is 0.495. The predicted molar refractivity (Wildman–Crippen MR) is 143 cm³/mol. The van der Waals surface area contributed by atoms with E-state index in [1.807, 2.05) is 19.1 Å². The number of aliphatic hydroxyl groups excluding tert-OH is 1. The van der Waals surface area contributed by atoms with Gasteiger partial charge in [0, 0.05) is 43.5 Å². The first-order valence-electron chi connectivity index (χ1n) is 12.7. The van der Waals surface area contributed by atoms with Crippen LogP contribution in [0.2, 0.25) is 0 Å². The van der Waals surface area contributed by atoms with E-state index in [4.69, 9.17) is 14.2 Å². The molecule has 0 bridgehead atoms. The number of nitrogens with zero attached hydrogens (tertiary/aromatic N) is 3. The van der Waals surface area contributed by atoms with Gasteiger partial charge >= 0.3 is 0 Å². The minimum absolute atomic E-state index is 0.0160. The Morgan fingerprint density at radius 2 is 1.82 bits per heavy atom. The summed E-state index contributed by atoms with van der Waals surface area (Å²) in [4.78, 5) is 18.9. The lowest BCUT2D eigenvalue weighted by Crippen LogP contribution is -2.50. The van der Waals surface area contributed by atoms with Crippen molar-refractivity contribution < 1.29 is 32.5 Å². The van der Waals surface area contributed by atoms with Crippen LogP contribution in [0.4, 0.5) is 0 Å². The molecule has 2 aromatic carbocycles. The molecule has 0 saturated heterocycles. The number of ether oxygens (including phenoxy) is 3. The van der Waals surface area contributed by atoms with Crippen LogP contribution in [0.25, 0.3) is 11.1 Å². The van der Waals surface area contributed by atoms with Crippen LogP contribution < -0.4 is 14.2 Å². The van der Waals surface area contributed by atoms with Gasteiger partial charge < -0.3 is 24.2 Å². The number of benzene rings is 2. The van der Waals surface area contributed by atoms with E-state index < -0.39 is 22.2 Å². The molecule has 0 aliphatic carbocycles. The molecular formula is C28H31N3O7S. The number of fused-ring (bicyclic) bond motifs is 2. The van der Waals surface area contributed by atoms with Crippen LogP contribution in [0.15, 0.2) is 65.8 Å². The van der Waals surface area contributed by atoms with Gasteiger partial charge in [0.2, 0.25) is 16.8 Å². The first-order valence-corrected chi connectivity index (χ1v) is 14.1. The first kappa shape index (κ1) is 26.9. The third-order valence-corrected chi connectivity index (χ3v) is 9.12. The van der Waals surface area contributed by atoms with Crippen molar-refractivity contribution in [2.75, 3.05) is 33.5 Å². The summed E-state index contributed by atoms with van der Waals surface area (Å²) in [5, 5.41) is 9.87. The minimum Gasteiger partial charge on any atom is -0.487 e. The Balaban J connectivity index is 1.49. The Morgan fingerprint density at radius 1 is 1.08 bits per heavy atom. The van der Waals surface area contributed by atoms with Crippen molar-refractivity contribution in [1.29, 1.82) is 0 Å². The van der Waals surface area contributed by atoms with Gasteiger partial charge in [-0.15, -0.1) is 0 Å².